The van der Waals surface area contributed by atoms with Crippen LogP contribution in [0, 0.1) is 5.92 Å². The zero-order valence-electron chi connectivity index (χ0n) is 8.87. The fourth-order valence-corrected chi connectivity index (χ4v) is 2.58. The molecule has 1 aromatic carbocycles. The van der Waals surface area contributed by atoms with Gasteiger partial charge in [0.2, 0.25) is 0 Å². The van der Waals surface area contributed by atoms with Crippen molar-refractivity contribution in [1.29, 1.82) is 0 Å². The van der Waals surface area contributed by atoms with E-state index in [1.807, 2.05) is 0 Å². The van der Waals surface area contributed by atoms with E-state index in [4.69, 9.17) is 0 Å². The minimum Gasteiger partial charge on any atom is -0.317 e. The lowest BCUT2D eigenvalue weighted by Crippen LogP contribution is -2.29. The minimum atomic E-state index is 0.746. The lowest BCUT2D eigenvalue weighted by atomic mass is 9.95. The average molecular weight is 189 g/mol. The van der Waals surface area contributed by atoms with Gasteiger partial charge in [0.1, 0.15) is 0 Å². The fourth-order valence-electron chi connectivity index (χ4n) is 2.58. The van der Waals surface area contributed by atoms with Crippen LogP contribution in [0.15, 0.2) is 30.3 Å². The van der Waals surface area contributed by atoms with Crippen LogP contribution in [-0.2, 0) is 6.42 Å². The van der Waals surface area contributed by atoms with Crippen LogP contribution in [0.25, 0.3) is 0 Å². The highest BCUT2D eigenvalue weighted by Crippen LogP contribution is 2.28. The molecule has 1 saturated carbocycles. The maximum Gasteiger partial charge on any atom is 0.00955 e. The van der Waals surface area contributed by atoms with Gasteiger partial charge in [-0.2, -0.15) is 0 Å². The predicted octanol–water partition coefficient (Wildman–Crippen LogP) is 2.62. The molecule has 1 heteroatoms. The van der Waals surface area contributed by atoms with E-state index in [9.17, 15) is 0 Å². The molecule has 1 aromatic rings. The normalized spacial score (nSPS) is 26.6. The van der Waals surface area contributed by atoms with Gasteiger partial charge in [-0.25, -0.2) is 0 Å². The number of benzene rings is 1. The van der Waals surface area contributed by atoms with Crippen molar-refractivity contribution in [1.82, 2.24) is 5.32 Å². The quantitative estimate of drug-likeness (QED) is 0.770. The molecule has 14 heavy (non-hydrogen) atoms. The second kappa shape index (κ2) is 4.61. The monoisotopic (exact) mass is 189 g/mol. The van der Waals surface area contributed by atoms with E-state index in [1.165, 1.54) is 31.2 Å². The van der Waals surface area contributed by atoms with E-state index in [2.05, 4.69) is 42.7 Å². The van der Waals surface area contributed by atoms with Crippen molar-refractivity contribution in [2.24, 2.45) is 5.92 Å². The maximum atomic E-state index is 3.43. The van der Waals surface area contributed by atoms with Crippen LogP contribution in [0.4, 0.5) is 0 Å². The summed E-state index contributed by atoms with van der Waals surface area (Å²) in [5, 5.41) is 3.43. The third kappa shape index (κ3) is 2.16. The zero-order chi connectivity index (χ0) is 9.80. The van der Waals surface area contributed by atoms with Crippen LogP contribution < -0.4 is 5.32 Å². The third-order valence-corrected chi connectivity index (χ3v) is 3.37. The Morgan fingerprint density at radius 3 is 2.71 bits per heavy atom. The summed E-state index contributed by atoms with van der Waals surface area (Å²) in [6.07, 6.45) is 5.38. The van der Waals surface area contributed by atoms with Gasteiger partial charge in [0.15, 0.2) is 0 Å². The van der Waals surface area contributed by atoms with E-state index >= 15 is 0 Å². The van der Waals surface area contributed by atoms with Crippen molar-refractivity contribution in [3.8, 4) is 0 Å². The van der Waals surface area contributed by atoms with Crippen LogP contribution in [0.2, 0.25) is 0 Å². The molecule has 2 rings (SSSR count). The van der Waals surface area contributed by atoms with Crippen LogP contribution in [0.5, 0.6) is 0 Å². The minimum absolute atomic E-state index is 0.746. The van der Waals surface area contributed by atoms with Crippen molar-refractivity contribution in [3.63, 3.8) is 0 Å². The Kier molecular flexibility index (Phi) is 3.20. The molecule has 0 aromatic heterocycles. The lowest BCUT2D eigenvalue weighted by Gasteiger charge is -2.18. The van der Waals surface area contributed by atoms with Crippen LogP contribution in [-0.4, -0.2) is 13.1 Å². The van der Waals surface area contributed by atoms with E-state index < -0.39 is 0 Å². The van der Waals surface area contributed by atoms with Crippen LogP contribution in [0.1, 0.15) is 24.8 Å². The number of rotatable bonds is 3. The van der Waals surface area contributed by atoms with Crippen molar-refractivity contribution in [2.45, 2.75) is 31.7 Å². The standard InChI is InChI=1S/C13H19N/c1-14-13-9-5-8-12(13)10-11-6-3-2-4-7-11/h2-4,6-7,12-14H,5,8-10H2,1H3. The average Bonchev–Trinajstić information content (AvgIpc) is 2.67. The summed E-state index contributed by atoms with van der Waals surface area (Å²) in [6.45, 7) is 0. The molecule has 0 amide bonds. The van der Waals surface area contributed by atoms with E-state index in [0.717, 1.165) is 12.0 Å². The second-order valence-corrected chi connectivity index (χ2v) is 4.28. The number of hydrogen-bond acceptors (Lipinski definition) is 1. The summed E-state index contributed by atoms with van der Waals surface area (Å²) in [5.74, 6) is 0.849. The third-order valence-electron chi connectivity index (χ3n) is 3.37. The highest BCUT2D eigenvalue weighted by molar-refractivity contribution is 5.16. The Labute approximate surface area is 86.5 Å². The Morgan fingerprint density at radius 2 is 2.00 bits per heavy atom. The number of hydrogen-bond donors (Lipinski definition) is 1. The molecule has 0 radical (unpaired) electrons. The molecule has 0 heterocycles. The second-order valence-electron chi connectivity index (χ2n) is 4.28. The van der Waals surface area contributed by atoms with Gasteiger partial charge >= 0.3 is 0 Å². The molecule has 0 saturated heterocycles. The highest BCUT2D eigenvalue weighted by Gasteiger charge is 2.25. The zero-order valence-corrected chi connectivity index (χ0v) is 8.87. The van der Waals surface area contributed by atoms with E-state index in [-0.39, 0.29) is 0 Å². The van der Waals surface area contributed by atoms with Crippen molar-refractivity contribution in [3.05, 3.63) is 35.9 Å². The summed E-state index contributed by atoms with van der Waals surface area (Å²) in [5.41, 5.74) is 1.49. The Balaban J connectivity index is 1.97. The van der Waals surface area contributed by atoms with Crippen LogP contribution in [0.3, 0.4) is 0 Å². The van der Waals surface area contributed by atoms with E-state index in [0.29, 0.717) is 0 Å². The molecule has 0 aliphatic heterocycles. The predicted molar refractivity (Wildman–Crippen MR) is 60.3 cm³/mol. The van der Waals surface area contributed by atoms with Crippen molar-refractivity contribution >= 4 is 0 Å². The smallest absolute Gasteiger partial charge is 0.00955 e. The van der Waals surface area contributed by atoms with Gasteiger partial charge in [-0.3, -0.25) is 0 Å². The fraction of sp³-hybridized carbons (Fsp3) is 0.538. The van der Waals surface area contributed by atoms with Gasteiger partial charge in [-0.15, -0.1) is 0 Å². The Hall–Kier alpha value is -0.820. The SMILES string of the molecule is CNC1CCCC1Cc1ccccc1. The first kappa shape index (κ1) is 9.72. The number of nitrogens with one attached hydrogen (secondary N) is 1. The molecule has 1 aliphatic rings. The van der Waals surface area contributed by atoms with Gasteiger partial charge in [0, 0.05) is 6.04 Å². The molecule has 2 unspecified atom stereocenters. The largest absolute Gasteiger partial charge is 0.317 e. The highest BCUT2D eigenvalue weighted by atomic mass is 14.9. The van der Waals surface area contributed by atoms with Gasteiger partial charge < -0.3 is 5.32 Å². The molecule has 1 fully saturated rings. The topological polar surface area (TPSA) is 12.0 Å². The van der Waals surface area contributed by atoms with Gasteiger partial charge in [-0.05, 0) is 37.8 Å². The van der Waals surface area contributed by atoms with Crippen molar-refractivity contribution < 1.29 is 0 Å². The van der Waals surface area contributed by atoms with E-state index in [1.54, 1.807) is 0 Å². The molecule has 1 aliphatic carbocycles. The maximum absolute atomic E-state index is 3.43. The summed E-state index contributed by atoms with van der Waals surface area (Å²) >= 11 is 0. The summed E-state index contributed by atoms with van der Waals surface area (Å²) in [7, 11) is 2.09. The lowest BCUT2D eigenvalue weighted by molar-refractivity contribution is 0.423. The molecule has 2 atom stereocenters. The van der Waals surface area contributed by atoms with Gasteiger partial charge in [0.25, 0.3) is 0 Å². The first-order chi connectivity index (χ1) is 6.90. The molecule has 1 N–H and O–H groups in total. The summed E-state index contributed by atoms with van der Waals surface area (Å²) in [6, 6.07) is 11.6. The molecule has 76 valence electrons. The molecule has 0 bridgehead atoms. The first-order valence-corrected chi connectivity index (χ1v) is 5.61. The van der Waals surface area contributed by atoms with Crippen LogP contribution >= 0.6 is 0 Å². The summed E-state index contributed by atoms with van der Waals surface area (Å²) < 4.78 is 0. The van der Waals surface area contributed by atoms with Crippen molar-refractivity contribution in [2.75, 3.05) is 7.05 Å². The van der Waals surface area contributed by atoms with Gasteiger partial charge in [0.05, 0.1) is 0 Å². The molecular formula is C13H19N. The first-order valence-electron chi connectivity index (χ1n) is 5.61. The Morgan fingerprint density at radius 1 is 1.21 bits per heavy atom. The molecule has 0 spiro atoms. The molecule has 1 nitrogen and oxygen atoms in total. The summed E-state index contributed by atoms with van der Waals surface area (Å²) in [4.78, 5) is 0. The Bertz CT molecular complexity index is 268. The van der Waals surface area contributed by atoms with Gasteiger partial charge in [-0.1, -0.05) is 36.8 Å². The molecular weight excluding hydrogens is 170 g/mol.